The number of hydrogen-bond donors (Lipinski definition) is 2. The molecule has 0 amide bonds. The van der Waals surface area contributed by atoms with E-state index in [1.165, 1.54) is 14.2 Å². The summed E-state index contributed by atoms with van der Waals surface area (Å²) in [4.78, 5) is 0. The lowest BCUT2D eigenvalue weighted by Gasteiger charge is -2.15. The molecule has 2 aromatic rings. The lowest BCUT2D eigenvalue weighted by molar-refractivity contribution is 0.181. The third-order valence-corrected chi connectivity index (χ3v) is 5.14. The molecule has 0 saturated carbocycles. The van der Waals surface area contributed by atoms with Crippen LogP contribution in [-0.2, 0) is 16.4 Å². The average Bonchev–Trinajstić information content (AvgIpc) is 2.65. The van der Waals surface area contributed by atoms with Gasteiger partial charge in [-0.25, -0.2) is 13.1 Å². The lowest BCUT2D eigenvalue weighted by atomic mass is 10.1. The van der Waals surface area contributed by atoms with Crippen LogP contribution in [0.5, 0.6) is 11.5 Å². The van der Waals surface area contributed by atoms with E-state index in [1.807, 2.05) is 30.3 Å². The largest absolute Gasteiger partial charge is 0.493 e. The van der Waals surface area contributed by atoms with Crippen molar-refractivity contribution in [3.63, 3.8) is 0 Å². The highest BCUT2D eigenvalue weighted by Crippen LogP contribution is 2.29. The minimum Gasteiger partial charge on any atom is -0.493 e. The maximum atomic E-state index is 12.1. The molecule has 0 heterocycles. The van der Waals surface area contributed by atoms with Crippen molar-refractivity contribution in [2.75, 3.05) is 26.5 Å². The van der Waals surface area contributed by atoms with Crippen molar-refractivity contribution in [2.24, 2.45) is 0 Å². The molecule has 6 nitrogen and oxygen atoms in total. The fourth-order valence-electron chi connectivity index (χ4n) is 2.35. The summed E-state index contributed by atoms with van der Waals surface area (Å²) >= 11 is 0. The van der Waals surface area contributed by atoms with E-state index in [4.69, 9.17) is 9.47 Å². The van der Waals surface area contributed by atoms with Gasteiger partial charge in [-0.15, -0.1) is 0 Å². The molecule has 2 rings (SSSR count). The Labute approximate surface area is 148 Å². The van der Waals surface area contributed by atoms with Crippen molar-refractivity contribution in [1.29, 1.82) is 0 Å². The van der Waals surface area contributed by atoms with Crippen LogP contribution in [0.4, 0.5) is 0 Å². The Kier molecular flexibility index (Phi) is 6.81. The molecule has 2 N–H and O–H groups in total. The number of rotatable bonds is 9. The van der Waals surface area contributed by atoms with Gasteiger partial charge < -0.3 is 14.6 Å². The zero-order chi connectivity index (χ0) is 18.3. The highest BCUT2D eigenvalue weighted by atomic mass is 32.2. The van der Waals surface area contributed by atoms with Crippen molar-refractivity contribution >= 4 is 10.0 Å². The molecule has 136 valence electrons. The first-order valence-corrected chi connectivity index (χ1v) is 9.51. The molecular weight excluding hydrogens is 342 g/mol. The van der Waals surface area contributed by atoms with E-state index in [2.05, 4.69) is 4.72 Å². The smallest absolute Gasteiger partial charge is 0.212 e. The molecule has 0 saturated heterocycles. The summed E-state index contributed by atoms with van der Waals surface area (Å²) in [6, 6.07) is 14.4. The van der Waals surface area contributed by atoms with Crippen LogP contribution in [0.25, 0.3) is 0 Å². The zero-order valence-corrected chi connectivity index (χ0v) is 15.1. The molecule has 0 aliphatic heterocycles. The van der Waals surface area contributed by atoms with Gasteiger partial charge in [0.1, 0.15) is 0 Å². The lowest BCUT2D eigenvalue weighted by Crippen LogP contribution is -2.31. The molecule has 0 fully saturated rings. The fourth-order valence-corrected chi connectivity index (χ4v) is 3.41. The summed E-state index contributed by atoms with van der Waals surface area (Å²) in [6.45, 7) is -0.105. The normalized spacial score (nSPS) is 12.6. The Hall–Kier alpha value is -2.09. The molecule has 0 spiro atoms. The van der Waals surface area contributed by atoms with Crippen LogP contribution in [0.3, 0.4) is 0 Å². The van der Waals surface area contributed by atoms with E-state index in [-0.39, 0.29) is 12.3 Å². The Bertz CT molecular complexity index is 777. The van der Waals surface area contributed by atoms with E-state index in [9.17, 15) is 13.5 Å². The summed E-state index contributed by atoms with van der Waals surface area (Å²) in [5.41, 5.74) is 1.50. The number of sulfonamides is 1. The van der Waals surface area contributed by atoms with Crippen LogP contribution in [0.15, 0.2) is 48.5 Å². The van der Waals surface area contributed by atoms with Gasteiger partial charge in [0.25, 0.3) is 0 Å². The Morgan fingerprint density at radius 2 is 1.72 bits per heavy atom. The van der Waals surface area contributed by atoms with Gasteiger partial charge in [0.2, 0.25) is 10.0 Å². The van der Waals surface area contributed by atoms with Crippen LogP contribution < -0.4 is 14.2 Å². The second-order valence-electron chi connectivity index (χ2n) is 5.53. The highest BCUT2D eigenvalue weighted by Gasteiger charge is 2.16. The second kappa shape index (κ2) is 8.84. The van der Waals surface area contributed by atoms with Crippen molar-refractivity contribution < 1.29 is 23.0 Å². The van der Waals surface area contributed by atoms with Crippen molar-refractivity contribution in [2.45, 2.75) is 12.5 Å². The number of benzene rings is 2. The van der Waals surface area contributed by atoms with Gasteiger partial charge in [-0.1, -0.05) is 36.4 Å². The molecule has 0 aromatic heterocycles. The first kappa shape index (κ1) is 19.2. The number of aliphatic hydroxyl groups is 1. The minimum atomic E-state index is -3.48. The average molecular weight is 365 g/mol. The van der Waals surface area contributed by atoms with E-state index >= 15 is 0 Å². The van der Waals surface area contributed by atoms with E-state index < -0.39 is 16.1 Å². The summed E-state index contributed by atoms with van der Waals surface area (Å²) in [6.07, 6.45) is -0.561. The van der Waals surface area contributed by atoms with Gasteiger partial charge in [-0.3, -0.25) is 0 Å². The first-order chi connectivity index (χ1) is 11.9. The summed E-state index contributed by atoms with van der Waals surface area (Å²) in [5.74, 6) is 0.989. The van der Waals surface area contributed by atoms with Crippen LogP contribution in [-0.4, -0.2) is 40.0 Å². The van der Waals surface area contributed by atoms with Gasteiger partial charge in [0.05, 0.1) is 26.1 Å². The summed E-state index contributed by atoms with van der Waals surface area (Å²) in [5, 5.41) is 10.2. The summed E-state index contributed by atoms with van der Waals surface area (Å²) < 4.78 is 37.0. The number of aryl methyl sites for hydroxylation is 1. The number of ether oxygens (including phenoxy) is 2. The van der Waals surface area contributed by atoms with Gasteiger partial charge in [0.15, 0.2) is 11.5 Å². The molecule has 7 heteroatoms. The number of methoxy groups -OCH3 is 2. The van der Waals surface area contributed by atoms with Crippen LogP contribution in [0, 0.1) is 0 Å². The van der Waals surface area contributed by atoms with Gasteiger partial charge in [-0.05, 0) is 29.7 Å². The standard InChI is InChI=1S/C18H23NO5S/c1-23-17-9-8-15(12-18(17)24-2)16(20)13-19-25(21,22)11-10-14-6-4-3-5-7-14/h3-9,12,16,19-20H,10-11,13H2,1-2H3. The molecule has 25 heavy (non-hydrogen) atoms. The quantitative estimate of drug-likeness (QED) is 0.709. The predicted octanol–water partition coefficient (Wildman–Crippen LogP) is 1.90. The van der Waals surface area contributed by atoms with Gasteiger partial charge >= 0.3 is 0 Å². The van der Waals surface area contributed by atoms with Gasteiger partial charge in [0, 0.05) is 6.54 Å². The third-order valence-electron chi connectivity index (χ3n) is 3.79. The highest BCUT2D eigenvalue weighted by molar-refractivity contribution is 7.89. The number of aliphatic hydroxyl groups excluding tert-OH is 1. The van der Waals surface area contributed by atoms with Crippen molar-refractivity contribution in [1.82, 2.24) is 4.72 Å². The Balaban J connectivity index is 1.93. The van der Waals surface area contributed by atoms with E-state index in [0.717, 1.165) is 5.56 Å². The van der Waals surface area contributed by atoms with Gasteiger partial charge in [-0.2, -0.15) is 0 Å². The molecule has 0 aliphatic rings. The first-order valence-electron chi connectivity index (χ1n) is 7.86. The molecule has 0 bridgehead atoms. The summed E-state index contributed by atoms with van der Waals surface area (Å²) in [7, 11) is -0.454. The molecule has 2 aromatic carbocycles. The van der Waals surface area contributed by atoms with E-state index in [1.54, 1.807) is 18.2 Å². The zero-order valence-electron chi connectivity index (χ0n) is 14.3. The maximum Gasteiger partial charge on any atom is 0.212 e. The van der Waals surface area contributed by atoms with E-state index in [0.29, 0.717) is 23.5 Å². The second-order valence-corrected chi connectivity index (χ2v) is 7.46. The SMILES string of the molecule is COc1ccc(C(O)CNS(=O)(=O)CCc2ccccc2)cc1OC. The topological polar surface area (TPSA) is 84.9 Å². The Morgan fingerprint density at radius 3 is 2.36 bits per heavy atom. The third kappa shape index (κ3) is 5.74. The molecule has 1 unspecified atom stereocenters. The number of hydrogen-bond acceptors (Lipinski definition) is 5. The van der Waals surface area contributed by atoms with Crippen LogP contribution >= 0.6 is 0 Å². The monoisotopic (exact) mass is 365 g/mol. The number of nitrogens with one attached hydrogen (secondary N) is 1. The molecule has 0 radical (unpaired) electrons. The van der Waals surface area contributed by atoms with Crippen molar-refractivity contribution in [3.8, 4) is 11.5 Å². The van der Waals surface area contributed by atoms with Crippen molar-refractivity contribution in [3.05, 3.63) is 59.7 Å². The minimum absolute atomic E-state index is 0.0321. The maximum absolute atomic E-state index is 12.1. The fraction of sp³-hybridized carbons (Fsp3) is 0.333. The predicted molar refractivity (Wildman–Crippen MR) is 96.4 cm³/mol. The molecule has 1 atom stereocenters. The Morgan fingerprint density at radius 1 is 1.04 bits per heavy atom. The van der Waals surface area contributed by atoms with Crippen LogP contribution in [0.2, 0.25) is 0 Å². The molecular formula is C18H23NO5S. The molecule has 0 aliphatic carbocycles. The van der Waals surface area contributed by atoms with Crippen LogP contribution in [0.1, 0.15) is 17.2 Å².